The van der Waals surface area contributed by atoms with Gasteiger partial charge in [0.25, 0.3) is 5.78 Å². The summed E-state index contributed by atoms with van der Waals surface area (Å²) < 4.78 is 24.5. The third-order valence-electron chi connectivity index (χ3n) is 4.13. The molecule has 0 bridgehead atoms. The fourth-order valence-corrected chi connectivity index (χ4v) is 4.97. The second kappa shape index (κ2) is 5.92. The van der Waals surface area contributed by atoms with Crippen molar-refractivity contribution in [3.63, 3.8) is 0 Å². The number of sulfone groups is 1. The van der Waals surface area contributed by atoms with Crippen LogP contribution in [0.3, 0.4) is 0 Å². The zero-order valence-electron chi connectivity index (χ0n) is 11.9. The Morgan fingerprint density at radius 3 is 2.29 bits per heavy atom. The molecule has 0 atom stereocenters. The summed E-state index contributed by atoms with van der Waals surface area (Å²) in [6.07, 6.45) is 3.53. The molecule has 6 heteroatoms. The molecular weight excluding hydrogens is 288 g/mol. The highest BCUT2D eigenvalue weighted by Gasteiger charge is 2.52. The number of benzene rings is 1. The Hall–Kier alpha value is -1.78. The maximum absolute atomic E-state index is 13.0. The molecule has 0 N–H and O–H groups in total. The Labute approximate surface area is 124 Å². The first-order chi connectivity index (χ1) is 9.94. The first kappa shape index (κ1) is 15.6. The number of ketones is 1. The summed E-state index contributed by atoms with van der Waals surface area (Å²) in [6.45, 7) is 1.87. The summed E-state index contributed by atoms with van der Waals surface area (Å²) in [6, 6.07) is 6.50. The average Bonchev–Trinajstić information content (AvgIpc) is 2.48. The Kier molecular flexibility index (Phi) is 4.40. The van der Waals surface area contributed by atoms with Crippen LogP contribution in [-0.2, 0) is 14.6 Å². The third kappa shape index (κ3) is 2.69. The zero-order chi connectivity index (χ0) is 15.5. The van der Waals surface area contributed by atoms with Crippen molar-refractivity contribution >= 4 is 21.8 Å². The molecule has 0 unspecified atom stereocenters. The van der Waals surface area contributed by atoms with Gasteiger partial charge in [-0.3, -0.25) is 4.79 Å². The highest BCUT2D eigenvalue weighted by atomic mass is 32.2. The third-order valence-corrected chi connectivity index (χ3v) is 6.66. The summed E-state index contributed by atoms with van der Waals surface area (Å²) in [5.41, 5.74) is 9.56. The Morgan fingerprint density at radius 1 is 1.19 bits per heavy atom. The van der Waals surface area contributed by atoms with Crippen LogP contribution in [0.4, 0.5) is 0 Å². The number of hydrogen-bond acceptors (Lipinski definition) is 3. The summed E-state index contributed by atoms with van der Waals surface area (Å²) >= 11 is 0. The molecule has 1 saturated carbocycles. The predicted octanol–water partition coefficient (Wildman–Crippen LogP) is 2.34. The minimum atomic E-state index is -3.81. The Morgan fingerprint density at radius 2 is 1.76 bits per heavy atom. The van der Waals surface area contributed by atoms with E-state index in [1.54, 1.807) is 12.1 Å². The van der Waals surface area contributed by atoms with Gasteiger partial charge in [-0.2, -0.15) is 4.79 Å². The van der Waals surface area contributed by atoms with Gasteiger partial charge in [0.05, 0.1) is 4.90 Å². The monoisotopic (exact) mass is 306 g/mol. The quantitative estimate of drug-likeness (QED) is 0.486. The van der Waals surface area contributed by atoms with E-state index in [2.05, 4.69) is 4.79 Å². The van der Waals surface area contributed by atoms with Gasteiger partial charge in [-0.25, -0.2) is 8.42 Å². The molecule has 0 saturated heterocycles. The van der Waals surface area contributed by atoms with Crippen LogP contribution in [0, 0.1) is 6.92 Å². The van der Waals surface area contributed by atoms with Gasteiger partial charge >= 0.3 is 6.21 Å². The fourth-order valence-electron chi connectivity index (χ4n) is 2.88. The molecule has 0 aliphatic heterocycles. The molecule has 1 aromatic carbocycles. The Bertz CT molecular complexity index is 680. The predicted molar refractivity (Wildman–Crippen MR) is 78.9 cm³/mol. The van der Waals surface area contributed by atoms with Gasteiger partial charge in [0, 0.05) is 0 Å². The van der Waals surface area contributed by atoms with Gasteiger partial charge in [0.2, 0.25) is 0 Å². The van der Waals surface area contributed by atoms with Crippen molar-refractivity contribution < 1.29 is 18.0 Å². The van der Waals surface area contributed by atoms with Crippen LogP contribution in [0.25, 0.3) is 5.53 Å². The lowest BCUT2D eigenvalue weighted by molar-refractivity contribution is -0.119. The first-order valence-electron chi connectivity index (χ1n) is 6.97. The van der Waals surface area contributed by atoms with Gasteiger partial charge < -0.3 is 5.53 Å². The fraction of sp³-hybridized carbons (Fsp3) is 0.467. The first-order valence-corrected chi connectivity index (χ1v) is 8.45. The van der Waals surface area contributed by atoms with Crippen LogP contribution >= 0.6 is 0 Å². The van der Waals surface area contributed by atoms with E-state index in [9.17, 15) is 13.2 Å². The summed E-state index contributed by atoms with van der Waals surface area (Å²) in [5.74, 6) is -0.634. The van der Waals surface area contributed by atoms with Crippen LogP contribution in [-0.4, -0.2) is 30.0 Å². The standard InChI is InChI=1S/C15H18N2O3S/c1-12-5-7-13(8-6-12)21(19,20)15(14(18)11-17-16)9-3-2-4-10-15/h5-8,11H,2-4,9-10H2,1H3. The van der Waals surface area contributed by atoms with E-state index in [1.807, 2.05) is 6.92 Å². The summed E-state index contributed by atoms with van der Waals surface area (Å²) in [5, 5.41) is 0. The van der Waals surface area contributed by atoms with Crippen LogP contribution < -0.4 is 0 Å². The number of aryl methyl sites for hydroxylation is 1. The molecule has 21 heavy (non-hydrogen) atoms. The molecule has 0 heterocycles. The summed E-state index contributed by atoms with van der Waals surface area (Å²) in [7, 11) is -3.81. The number of carbonyl (C=O) groups excluding carboxylic acids is 1. The number of nitrogens with zero attached hydrogens (tertiary/aromatic N) is 2. The van der Waals surface area contributed by atoms with E-state index in [-0.39, 0.29) is 17.7 Å². The second-order valence-corrected chi connectivity index (χ2v) is 7.74. The minimum absolute atomic E-state index is 0.148. The molecule has 0 aromatic heterocycles. The van der Waals surface area contributed by atoms with Gasteiger partial charge in [-0.15, -0.1) is 0 Å². The molecule has 112 valence electrons. The summed E-state index contributed by atoms with van der Waals surface area (Å²) in [4.78, 5) is 15.2. The smallest absolute Gasteiger partial charge is 0.324 e. The Balaban J connectivity index is 2.56. The lowest BCUT2D eigenvalue weighted by atomic mass is 9.85. The highest BCUT2D eigenvalue weighted by Crippen LogP contribution is 2.39. The van der Waals surface area contributed by atoms with Gasteiger partial charge in [-0.1, -0.05) is 37.0 Å². The second-order valence-electron chi connectivity index (χ2n) is 5.48. The topological polar surface area (TPSA) is 87.6 Å². The van der Waals surface area contributed by atoms with E-state index in [0.29, 0.717) is 12.8 Å². The van der Waals surface area contributed by atoms with E-state index < -0.39 is 20.4 Å². The average molecular weight is 306 g/mol. The van der Waals surface area contributed by atoms with Gasteiger partial charge in [0.15, 0.2) is 9.84 Å². The lowest BCUT2D eigenvalue weighted by Crippen LogP contribution is -2.48. The van der Waals surface area contributed by atoms with Gasteiger partial charge in [0.1, 0.15) is 4.75 Å². The van der Waals surface area contributed by atoms with Crippen molar-refractivity contribution in [3.8, 4) is 0 Å². The van der Waals surface area contributed by atoms with E-state index in [4.69, 9.17) is 5.53 Å². The molecule has 5 nitrogen and oxygen atoms in total. The highest BCUT2D eigenvalue weighted by molar-refractivity contribution is 7.93. The van der Waals surface area contributed by atoms with Gasteiger partial charge in [-0.05, 0) is 31.9 Å². The SMILES string of the molecule is Cc1ccc(S(=O)(=O)C2(C(=O)C=[N+]=[N-])CCCCC2)cc1. The zero-order valence-corrected chi connectivity index (χ0v) is 12.8. The van der Waals surface area contributed by atoms with Crippen LogP contribution in [0.1, 0.15) is 37.7 Å². The normalized spacial score (nSPS) is 17.8. The molecule has 2 rings (SSSR count). The van der Waals surface area contributed by atoms with Crippen LogP contribution in [0.15, 0.2) is 29.2 Å². The van der Waals surface area contributed by atoms with Crippen LogP contribution in [0.5, 0.6) is 0 Å². The van der Waals surface area contributed by atoms with Crippen molar-refractivity contribution in [2.45, 2.75) is 48.7 Å². The van der Waals surface area contributed by atoms with Crippen molar-refractivity contribution in [3.05, 3.63) is 35.4 Å². The molecule has 1 aliphatic carbocycles. The number of carbonyl (C=O) groups is 1. The molecular formula is C15H18N2O3S. The minimum Gasteiger partial charge on any atom is -0.361 e. The van der Waals surface area contributed by atoms with Crippen molar-refractivity contribution in [1.29, 1.82) is 0 Å². The molecule has 1 aromatic rings. The van der Waals surface area contributed by atoms with Crippen molar-refractivity contribution in [2.75, 3.05) is 0 Å². The number of Topliss-reactive ketones (excluding diaryl/α,β-unsaturated/α-hetero) is 1. The van der Waals surface area contributed by atoms with E-state index in [1.165, 1.54) is 12.1 Å². The van der Waals surface area contributed by atoms with E-state index in [0.717, 1.165) is 18.2 Å². The molecule has 0 amide bonds. The largest absolute Gasteiger partial charge is 0.361 e. The van der Waals surface area contributed by atoms with Crippen molar-refractivity contribution in [2.24, 2.45) is 0 Å². The maximum Gasteiger partial charge on any atom is 0.324 e. The molecule has 0 spiro atoms. The lowest BCUT2D eigenvalue weighted by Gasteiger charge is -2.33. The molecule has 0 radical (unpaired) electrons. The number of hydrogen-bond donors (Lipinski definition) is 0. The maximum atomic E-state index is 13.0. The van der Waals surface area contributed by atoms with Crippen molar-refractivity contribution in [1.82, 2.24) is 0 Å². The molecule has 1 fully saturated rings. The van der Waals surface area contributed by atoms with E-state index >= 15 is 0 Å². The number of rotatable bonds is 4. The molecule has 1 aliphatic rings. The van der Waals surface area contributed by atoms with Crippen LogP contribution in [0.2, 0.25) is 0 Å².